The number of hydrogen-bond donors (Lipinski definition) is 2. The Bertz CT molecular complexity index is 604. The maximum atomic E-state index is 12.1. The lowest BCUT2D eigenvalue weighted by Gasteiger charge is -2.12. The highest BCUT2D eigenvalue weighted by atomic mass is 16.4. The first-order chi connectivity index (χ1) is 9.74. The molecule has 1 aromatic carbocycles. The minimum atomic E-state index is 0.0602. The Kier molecular flexibility index (Phi) is 3.47. The van der Waals surface area contributed by atoms with E-state index in [0.717, 1.165) is 36.3 Å². The number of aromatic nitrogens is 2. The average molecular weight is 272 g/mol. The quantitative estimate of drug-likeness (QED) is 0.887. The summed E-state index contributed by atoms with van der Waals surface area (Å²) in [6.07, 6.45) is 2.19. The summed E-state index contributed by atoms with van der Waals surface area (Å²) >= 11 is 0. The molecule has 0 spiro atoms. The van der Waals surface area contributed by atoms with Crippen LogP contribution in [0.3, 0.4) is 0 Å². The predicted molar refractivity (Wildman–Crippen MR) is 74.1 cm³/mol. The molecule has 20 heavy (non-hydrogen) atoms. The molecule has 2 N–H and O–H groups in total. The van der Waals surface area contributed by atoms with Crippen molar-refractivity contribution in [3.63, 3.8) is 0 Å². The van der Waals surface area contributed by atoms with Crippen molar-refractivity contribution in [3.8, 4) is 11.5 Å². The van der Waals surface area contributed by atoms with Crippen LogP contribution in [0.5, 0.6) is 0 Å². The summed E-state index contributed by atoms with van der Waals surface area (Å²) < 4.78 is 5.16. The second-order valence-electron chi connectivity index (χ2n) is 4.95. The molecule has 1 fully saturated rings. The fourth-order valence-electron chi connectivity index (χ4n) is 2.35. The highest BCUT2D eigenvalue weighted by Gasteiger charge is 2.22. The van der Waals surface area contributed by atoms with Crippen molar-refractivity contribution in [3.05, 3.63) is 30.2 Å². The summed E-state index contributed by atoms with van der Waals surface area (Å²) in [5.74, 6) is 0.611. The van der Waals surface area contributed by atoms with Crippen LogP contribution in [0.2, 0.25) is 0 Å². The van der Waals surface area contributed by atoms with Gasteiger partial charge < -0.3 is 15.1 Å². The van der Waals surface area contributed by atoms with Gasteiger partial charge in [-0.1, -0.05) is 0 Å². The molecule has 1 saturated heterocycles. The third-order valence-corrected chi connectivity index (χ3v) is 3.52. The van der Waals surface area contributed by atoms with Gasteiger partial charge in [-0.2, -0.15) is 0 Å². The molecule has 2 heterocycles. The van der Waals surface area contributed by atoms with Crippen LogP contribution in [0.1, 0.15) is 12.0 Å². The standard InChI is InChI=1S/C14H16N4O2/c1-9-6-10(14-18-16-8-20-14)2-3-12(9)17-13(19)11-4-5-15-7-11/h2-3,6,8,11,15H,4-5,7H2,1H3,(H,17,19). The van der Waals surface area contributed by atoms with Crippen LogP contribution >= 0.6 is 0 Å². The number of nitrogens with zero attached hydrogens (tertiary/aromatic N) is 2. The largest absolute Gasteiger partial charge is 0.423 e. The topological polar surface area (TPSA) is 80.1 Å². The van der Waals surface area contributed by atoms with Gasteiger partial charge in [0.25, 0.3) is 0 Å². The van der Waals surface area contributed by atoms with Crippen molar-refractivity contribution in [1.82, 2.24) is 15.5 Å². The minimum Gasteiger partial charge on any atom is -0.423 e. The van der Waals surface area contributed by atoms with E-state index in [4.69, 9.17) is 4.42 Å². The number of amides is 1. The monoisotopic (exact) mass is 272 g/mol. The lowest BCUT2D eigenvalue weighted by atomic mass is 10.1. The Labute approximate surface area is 116 Å². The van der Waals surface area contributed by atoms with E-state index in [1.165, 1.54) is 6.39 Å². The van der Waals surface area contributed by atoms with Crippen molar-refractivity contribution in [2.75, 3.05) is 18.4 Å². The molecule has 0 aliphatic carbocycles. The van der Waals surface area contributed by atoms with E-state index in [2.05, 4.69) is 20.8 Å². The van der Waals surface area contributed by atoms with E-state index >= 15 is 0 Å². The Balaban J connectivity index is 1.76. The molecule has 3 rings (SSSR count). The van der Waals surface area contributed by atoms with Crippen LogP contribution in [0.25, 0.3) is 11.5 Å². The summed E-state index contributed by atoms with van der Waals surface area (Å²) in [5, 5.41) is 13.7. The number of anilines is 1. The van der Waals surface area contributed by atoms with Gasteiger partial charge in [-0.25, -0.2) is 0 Å². The summed E-state index contributed by atoms with van der Waals surface area (Å²) in [4.78, 5) is 12.1. The molecular formula is C14H16N4O2. The van der Waals surface area contributed by atoms with Crippen molar-refractivity contribution < 1.29 is 9.21 Å². The fourth-order valence-corrected chi connectivity index (χ4v) is 2.35. The maximum absolute atomic E-state index is 12.1. The molecule has 104 valence electrons. The zero-order chi connectivity index (χ0) is 13.9. The van der Waals surface area contributed by atoms with Crippen LogP contribution in [-0.4, -0.2) is 29.2 Å². The van der Waals surface area contributed by atoms with Crippen LogP contribution in [0, 0.1) is 12.8 Å². The molecule has 1 unspecified atom stereocenters. The zero-order valence-electron chi connectivity index (χ0n) is 11.2. The molecule has 0 radical (unpaired) electrons. The minimum absolute atomic E-state index is 0.0602. The van der Waals surface area contributed by atoms with Crippen molar-refractivity contribution in [2.24, 2.45) is 5.92 Å². The smallest absolute Gasteiger partial charge is 0.247 e. The van der Waals surface area contributed by atoms with Crippen molar-refractivity contribution in [2.45, 2.75) is 13.3 Å². The maximum Gasteiger partial charge on any atom is 0.247 e. The SMILES string of the molecule is Cc1cc(-c2nnco2)ccc1NC(=O)C1CCNC1. The van der Waals surface area contributed by atoms with Crippen LogP contribution in [0.4, 0.5) is 5.69 Å². The van der Waals surface area contributed by atoms with Gasteiger partial charge >= 0.3 is 0 Å². The van der Waals surface area contributed by atoms with E-state index in [1.54, 1.807) is 0 Å². The molecule has 6 nitrogen and oxygen atoms in total. The summed E-state index contributed by atoms with van der Waals surface area (Å²) in [5.41, 5.74) is 2.64. The number of carbonyl (C=O) groups excluding carboxylic acids is 1. The van der Waals surface area contributed by atoms with Crippen molar-refractivity contribution >= 4 is 11.6 Å². The molecule has 1 atom stereocenters. The number of aryl methyl sites for hydroxylation is 1. The van der Waals surface area contributed by atoms with Crippen LogP contribution < -0.4 is 10.6 Å². The lowest BCUT2D eigenvalue weighted by molar-refractivity contribution is -0.119. The fraction of sp³-hybridized carbons (Fsp3) is 0.357. The molecular weight excluding hydrogens is 256 g/mol. The van der Waals surface area contributed by atoms with E-state index in [-0.39, 0.29) is 11.8 Å². The van der Waals surface area contributed by atoms with Crippen molar-refractivity contribution in [1.29, 1.82) is 0 Å². The first-order valence-electron chi connectivity index (χ1n) is 6.63. The van der Waals surface area contributed by atoms with Crippen LogP contribution in [0.15, 0.2) is 29.0 Å². The Morgan fingerprint density at radius 2 is 2.40 bits per heavy atom. The second kappa shape index (κ2) is 5.42. The van der Waals surface area contributed by atoms with Crippen LogP contribution in [-0.2, 0) is 4.79 Å². The highest BCUT2D eigenvalue weighted by Crippen LogP contribution is 2.24. The van der Waals surface area contributed by atoms with E-state index in [0.29, 0.717) is 5.89 Å². The molecule has 0 saturated carbocycles. The molecule has 6 heteroatoms. The van der Waals surface area contributed by atoms with Gasteiger partial charge in [0.1, 0.15) is 0 Å². The Morgan fingerprint density at radius 1 is 1.50 bits per heavy atom. The molecule has 1 aromatic heterocycles. The molecule has 1 amide bonds. The van der Waals surface area contributed by atoms with Gasteiger partial charge in [-0.3, -0.25) is 4.79 Å². The summed E-state index contributed by atoms with van der Waals surface area (Å²) in [6, 6.07) is 5.66. The normalized spacial score (nSPS) is 18.1. The third kappa shape index (κ3) is 2.55. The van der Waals surface area contributed by atoms with Gasteiger partial charge in [0.05, 0.1) is 5.92 Å². The van der Waals surface area contributed by atoms with E-state index < -0.39 is 0 Å². The number of rotatable bonds is 3. The summed E-state index contributed by atoms with van der Waals surface area (Å²) in [7, 11) is 0. The lowest BCUT2D eigenvalue weighted by Crippen LogP contribution is -2.24. The zero-order valence-corrected chi connectivity index (χ0v) is 11.2. The third-order valence-electron chi connectivity index (χ3n) is 3.52. The molecule has 2 aromatic rings. The van der Waals surface area contributed by atoms with Gasteiger partial charge in [-0.05, 0) is 43.7 Å². The number of carbonyl (C=O) groups is 1. The first-order valence-corrected chi connectivity index (χ1v) is 6.63. The van der Waals surface area contributed by atoms with Gasteiger partial charge in [0.2, 0.25) is 18.2 Å². The number of hydrogen-bond acceptors (Lipinski definition) is 5. The first kappa shape index (κ1) is 12.8. The van der Waals surface area contributed by atoms with Gasteiger partial charge in [0, 0.05) is 17.8 Å². The Hall–Kier alpha value is -2.21. The molecule has 1 aliphatic rings. The highest BCUT2D eigenvalue weighted by molar-refractivity contribution is 5.93. The number of nitrogens with one attached hydrogen (secondary N) is 2. The average Bonchev–Trinajstić information content (AvgIpc) is 3.14. The van der Waals surface area contributed by atoms with Gasteiger partial charge in [0.15, 0.2) is 0 Å². The van der Waals surface area contributed by atoms with E-state index in [1.807, 2.05) is 25.1 Å². The summed E-state index contributed by atoms with van der Waals surface area (Å²) in [6.45, 7) is 3.61. The number of benzene rings is 1. The molecule has 0 bridgehead atoms. The Morgan fingerprint density at radius 3 is 3.05 bits per heavy atom. The van der Waals surface area contributed by atoms with Gasteiger partial charge in [-0.15, -0.1) is 10.2 Å². The molecule has 1 aliphatic heterocycles. The predicted octanol–water partition coefficient (Wildman–Crippen LogP) is 1.59. The second-order valence-corrected chi connectivity index (χ2v) is 4.95. The van der Waals surface area contributed by atoms with E-state index in [9.17, 15) is 4.79 Å².